The minimum Gasteiger partial charge on any atom is -0.493 e. The Kier molecular flexibility index (Phi) is 8.22. The number of hydrogen-bond donors (Lipinski definition) is 2. The number of nitrogens with zero attached hydrogens (tertiary/aromatic N) is 1. The van der Waals surface area contributed by atoms with E-state index in [0.29, 0.717) is 33.9 Å². The van der Waals surface area contributed by atoms with Crippen LogP contribution in [0.5, 0.6) is 11.5 Å². The van der Waals surface area contributed by atoms with E-state index >= 15 is 0 Å². The number of ether oxygens (including phenoxy) is 2. The molecule has 0 heterocycles. The molecule has 2 amide bonds. The van der Waals surface area contributed by atoms with Gasteiger partial charge in [-0.3, -0.25) is 14.4 Å². The lowest BCUT2D eigenvalue weighted by Crippen LogP contribution is -2.18. The average Bonchev–Trinajstić information content (AvgIpc) is 2.84. The average molecular weight is 488 g/mol. The molecule has 0 bridgehead atoms. The molecule has 3 aromatic carbocycles. The largest absolute Gasteiger partial charge is 0.493 e. The molecule has 8 heteroatoms. The highest BCUT2D eigenvalue weighted by Crippen LogP contribution is 2.27. The third-order valence-electron chi connectivity index (χ3n) is 5.24. The summed E-state index contributed by atoms with van der Waals surface area (Å²) in [5, 5.41) is 6.79. The van der Waals surface area contributed by atoms with Gasteiger partial charge in [-0.1, -0.05) is 32.9 Å². The number of hydrogen-bond acceptors (Lipinski definition) is 6. The predicted octanol–water partition coefficient (Wildman–Crippen LogP) is 4.93. The van der Waals surface area contributed by atoms with E-state index < -0.39 is 11.9 Å². The normalized spacial score (nSPS) is 11.1. The van der Waals surface area contributed by atoms with Gasteiger partial charge in [-0.05, 0) is 71.1 Å². The van der Waals surface area contributed by atoms with E-state index in [9.17, 15) is 14.4 Å². The van der Waals surface area contributed by atoms with Gasteiger partial charge in [-0.2, -0.15) is 5.10 Å². The Morgan fingerprint density at radius 1 is 0.833 bits per heavy atom. The van der Waals surface area contributed by atoms with Crippen LogP contribution in [0, 0.1) is 0 Å². The lowest BCUT2D eigenvalue weighted by Gasteiger charge is -2.19. The third kappa shape index (κ3) is 7.02. The van der Waals surface area contributed by atoms with Gasteiger partial charge in [0.15, 0.2) is 11.5 Å². The lowest BCUT2D eigenvalue weighted by atomic mass is 9.87. The van der Waals surface area contributed by atoms with Gasteiger partial charge in [0.25, 0.3) is 11.8 Å². The first-order valence-corrected chi connectivity index (χ1v) is 11.3. The highest BCUT2D eigenvalue weighted by Gasteiger charge is 2.14. The summed E-state index contributed by atoms with van der Waals surface area (Å²) in [6, 6.07) is 18.9. The zero-order chi connectivity index (χ0) is 26.3. The molecule has 8 nitrogen and oxygen atoms in total. The number of anilines is 1. The quantitative estimate of drug-likeness (QED) is 0.213. The Morgan fingerprint density at radius 2 is 1.44 bits per heavy atom. The first-order chi connectivity index (χ1) is 17.1. The van der Waals surface area contributed by atoms with Gasteiger partial charge in [0.2, 0.25) is 0 Å². The molecule has 3 aromatic rings. The van der Waals surface area contributed by atoms with Crippen LogP contribution in [0.3, 0.4) is 0 Å². The molecule has 2 N–H and O–H groups in total. The number of nitrogens with one attached hydrogen (secondary N) is 2. The van der Waals surface area contributed by atoms with Gasteiger partial charge in [-0.25, -0.2) is 5.43 Å². The molecule has 0 spiro atoms. The lowest BCUT2D eigenvalue weighted by molar-refractivity contribution is -0.132. The maximum Gasteiger partial charge on any atom is 0.308 e. The fraction of sp³-hybridized carbons (Fsp3) is 0.214. The van der Waals surface area contributed by atoms with Crippen molar-refractivity contribution in [1.82, 2.24) is 5.43 Å². The summed E-state index contributed by atoms with van der Waals surface area (Å²) in [7, 11) is 1.46. The van der Waals surface area contributed by atoms with Crippen LogP contribution in [-0.2, 0) is 10.2 Å². The number of methoxy groups -OCH3 is 1. The van der Waals surface area contributed by atoms with Crippen LogP contribution in [0.15, 0.2) is 71.8 Å². The number of hydrazone groups is 1. The number of benzene rings is 3. The van der Waals surface area contributed by atoms with Crippen molar-refractivity contribution < 1.29 is 23.9 Å². The standard InChI is InChI=1S/C28H29N3O5/c1-18(32)36-24-15-6-19(16-25(24)35-5)17-29-31-27(34)21-9-13-23(14-10-21)30-26(33)20-7-11-22(12-8-20)28(2,3)4/h6-17H,1-5H3,(H,30,33)(H,31,34). The number of carbonyl (C=O) groups excluding carboxylic acids is 3. The minimum absolute atomic E-state index is 0.0121. The van der Waals surface area contributed by atoms with Gasteiger partial charge in [0, 0.05) is 23.7 Å². The van der Waals surface area contributed by atoms with Crippen LogP contribution in [0.1, 0.15) is 59.5 Å². The molecule has 0 radical (unpaired) electrons. The highest BCUT2D eigenvalue weighted by molar-refractivity contribution is 6.04. The number of amides is 2. The van der Waals surface area contributed by atoms with Crippen molar-refractivity contribution in [3.8, 4) is 11.5 Å². The van der Waals surface area contributed by atoms with Crippen LogP contribution < -0.4 is 20.2 Å². The van der Waals surface area contributed by atoms with E-state index in [1.54, 1.807) is 54.6 Å². The van der Waals surface area contributed by atoms with Gasteiger partial charge in [0.05, 0.1) is 13.3 Å². The molecular weight excluding hydrogens is 458 g/mol. The second-order valence-electron chi connectivity index (χ2n) is 9.06. The molecule has 186 valence electrons. The van der Waals surface area contributed by atoms with Crippen molar-refractivity contribution in [3.63, 3.8) is 0 Å². The zero-order valence-corrected chi connectivity index (χ0v) is 20.9. The molecule has 0 unspecified atom stereocenters. The van der Waals surface area contributed by atoms with Gasteiger partial charge in [0.1, 0.15) is 0 Å². The van der Waals surface area contributed by atoms with Crippen LogP contribution in [-0.4, -0.2) is 31.1 Å². The monoisotopic (exact) mass is 487 g/mol. The Labute approximate surface area is 210 Å². The predicted molar refractivity (Wildman–Crippen MR) is 139 cm³/mol. The minimum atomic E-state index is -0.456. The van der Waals surface area contributed by atoms with Crippen molar-refractivity contribution in [2.45, 2.75) is 33.1 Å². The van der Waals surface area contributed by atoms with E-state index in [2.05, 4.69) is 36.6 Å². The molecule has 3 rings (SSSR count). The molecule has 0 aliphatic heterocycles. The maximum atomic E-state index is 12.5. The fourth-order valence-corrected chi connectivity index (χ4v) is 3.26. The summed E-state index contributed by atoms with van der Waals surface area (Å²) >= 11 is 0. The Hall–Kier alpha value is -4.46. The highest BCUT2D eigenvalue weighted by atomic mass is 16.6. The summed E-state index contributed by atoms with van der Waals surface area (Å²) in [5.74, 6) is -0.441. The Balaban J connectivity index is 1.58. The van der Waals surface area contributed by atoms with E-state index in [1.165, 1.54) is 20.2 Å². The smallest absolute Gasteiger partial charge is 0.308 e. The molecule has 0 saturated heterocycles. The molecule has 0 aromatic heterocycles. The van der Waals surface area contributed by atoms with Crippen molar-refractivity contribution in [2.24, 2.45) is 5.10 Å². The molecule has 36 heavy (non-hydrogen) atoms. The van der Waals surface area contributed by atoms with E-state index in [4.69, 9.17) is 9.47 Å². The molecule has 0 aliphatic carbocycles. The molecule has 0 fully saturated rings. The molecular formula is C28H29N3O5. The van der Waals surface area contributed by atoms with Crippen molar-refractivity contribution in [3.05, 3.63) is 89.0 Å². The first-order valence-electron chi connectivity index (χ1n) is 11.3. The van der Waals surface area contributed by atoms with Crippen molar-refractivity contribution >= 4 is 29.7 Å². The summed E-state index contributed by atoms with van der Waals surface area (Å²) in [6.45, 7) is 7.65. The molecule has 0 saturated carbocycles. The topological polar surface area (TPSA) is 106 Å². The zero-order valence-electron chi connectivity index (χ0n) is 20.9. The van der Waals surface area contributed by atoms with Crippen LogP contribution >= 0.6 is 0 Å². The number of esters is 1. The third-order valence-corrected chi connectivity index (χ3v) is 5.24. The SMILES string of the molecule is COc1cc(C=NNC(=O)c2ccc(NC(=O)c3ccc(C(C)(C)C)cc3)cc2)ccc1OC(C)=O. The van der Waals surface area contributed by atoms with E-state index in [-0.39, 0.29) is 11.3 Å². The van der Waals surface area contributed by atoms with Crippen LogP contribution in [0.2, 0.25) is 0 Å². The fourth-order valence-electron chi connectivity index (χ4n) is 3.26. The second-order valence-corrected chi connectivity index (χ2v) is 9.06. The first kappa shape index (κ1) is 26.2. The van der Waals surface area contributed by atoms with Gasteiger partial charge >= 0.3 is 5.97 Å². The second kappa shape index (κ2) is 11.3. The van der Waals surface area contributed by atoms with Crippen LogP contribution in [0.25, 0.3) is 0 Å². The summed E-state index contributed by atoms with van der Waals surface area (Å²) in [6.07, 6.45) is 1.44. The van der Waals surface area contributed by atoms with E-state index in [0.717, 1.165) is 5.56 Å². The van der Waals surface area contributed by atoms with Crippen molar-refractivity contribution in [1.29, 1.82) is 0 Å². The van der Waals surface area contributed by atoms with Gasteiger partial charge in [-0.15, -0.1) is 0 Å². The molecule has 0 aliphatic rings. The Bertz CT molecular complexity index is 1270. The van der Waals surface area contributed by atoms with Gasteiger partial charge < -0.3 is 14.8 Å². The molecule has 0 atom stereocenters. The number of rotatable bonds is 7. The number of carbonyl (C=O) groups is 3. The maximum absolute atomic E-state index is 12.5. The summed E-state index contributed by atoms with van der Waals surface area (Å²) < 4.78 is 10.3. The van der Waals surface area contributed by atoms with Crippen LogP contribution in [0.4, 0.5) is 5.69 Å². The van der Waals surface area contributed by atoms with E-state index in [1.807, 2.05) is 12.1 Å². The van der Waals surface area contributed by atoms with Crippen molar-refractivity contribution in [2.75, 3.05) is 12.4 Å². The Morgan fingerprint density at radius 3 is 2.03 bits per heavy atom. The summed E-state index contributed by atoms with van der Waals surface area (Å²) in [5.41, 5.74) is 5.75. The summed E-state index contributed by atoms with van der Waals surface area (Å²) in [4.78, 5) is 36.1.